The average Bonchev–Trinajstić information content (AvgIpc) is 2.91. The van der Waals surface area contributed by atoms with Crippen LogP contribution in [0.4, 0.5) is 5.69 Å². The number of carbonyl (C=O) groups excluding carboxylic acids is 2. The van der Waals surface area contributed by atoms with Crippen molar-refractivity contribution in [2.24, 2.45) is 5.92 Å². The van der Waals surface area contributed by atoms with Crippen LogP contribution in [0.5, 0.6) is 0 Å². The standard InChI is InChI=1S/C30H35Cl2N3O4S/c1-20(2)17-33-30(37)23(5)34(18-24-8-6-7-9-27(24)31)29(36)19-35(25-13-12-22(4)28(32)16-25)40(38,39)26-14-10-21(3)11-15-26/h6-16,20,23H,17-19H2,1-5H3,(H,33,37)/t23-/m0/s1. The molecule has 10 heteroatoms. The van der Waals surface area contributed by atoms with Gasteiger partial charge in [0.15, 0.2) is 0 Å². The molecule has 0 aliphatic carbocycles. The van der Waals surface area contributed by atoms with Crippen molar-refractivity contribution in [1.82, 2.24) is 10.2 Å². The van der Waals surface area contributed by atoms with Crippen LogP contribution in [0.15, 0.2) is 71.6 Å². The maximum atomic E-state index is 14.0. The van der Waals surface area contributed by atoms with E-state index in [-0.39, 0.29) is 29.0 Å². The Labute approximate surface area is 247 Å². The summed E-state index contributed by atoms with van der Waals surface area (Å²) in [6, 6.07) is 17.3. The van der Waals surface area contributed by atoms with Crippen molar-refractivity contribution in [3.05, 3.63) is 93.5 Å². The zero-order valence-corrected chi connectivity index (χ0v) is 25.6. The lowest BCUT2D eigenvalue weighted by molar-refractivity contribution is -0.139. The van der Waals surface area contributed by atoms with E-state index in [2.05, 4.69) is 5.32 Å². The monoisotopic (exact) mass is 603 g/mol. The van der Waals surface area contributed by atoms with Crippen LogP contribution in [0.25, 0.3) is 0 Å². The summed E-state index contributed by atoms with van der Waals surface area (Å²) in [5.41, 5.74) is 2.53. The van der Waals surface area contributed by atoms with Crippen LogP contribution in [-0.4, -0.2) is 44.3 Å². The average molecular weight is 605 g/mol. The first kappa shape index (κ1) is 31.5. The van der Waals surface area contributed by atoms with Gasteiger partial charge in [-0.2, -0.15) is 0 Å². The van der Waals surface area contributed by atoms with Crippen molar-refractivity contribution in [2.75, 3.05) is 17.4 Å². The minimum Gasteiger partial charge on any atom is -0.354 e. The Morgan fingerprint density at radius 3 is 2.15 bits per heavy atom. The van der Waals surface area contributed by atoms with Gasteiger partial charge in [0.1, 0.15) is 12.6 Å². The minimum absolute atomic E-state index is 0.0157. The number of sulfonamides is 1. The Kier molecular flexibility index (Phi) is 10.6. The molecule has 3 aromatic rings. The van der Waals surface area contributed by atoms with Crippen LogP contribution in [0, 0.1) is 19.8 Å². The van der Waals surface area contributed by atoms with Crippen LogP contribution in [0.2, 0.25) is 10.0 Å². The highest BCUT2D eigenvalue weighted by atomic mass is 35.5. The second kappa shape index (κ2) is 13.5. The third-order valence-electron chi connectivity index (χ3n) is 6.48. The third-order valence-corrected chi connectivity index (χ3v) is 9.05. The number of carbonyl (C=O) groups is 2. The second-order valence-electron chi connectivity index (χ2n) is 10.2. The van der Waals surface area contributed by atoms with Crippen molar-refractivity contribution < 1.29 is 18.0 Å². The van der Waals surface area contributed by atoms with E-state index in [9.17, 15) is 18.0 Å². The molecule has 0 fully saturated rings. The largest absolute Gasteiger partial charge is 0.354 e. The molecule has 3 aromatic carbocycles. The number of anilines is 1. The number of hydrogen-bond acceptors (Lipinski definition) is 4. The van der Waals surface area contributed by atoms with Crippen LogP contribution in [0.1, 0.15) is 37.5 Å². The lowest BCUT2D eigenvalue weighted by atomic mass is 10.1. The fourth-order valence-corrected chi connectivity index (χ4v) is 5.72. The summed E-state index contributed by atoms with van der Waals surface area (Å²) in [7, 11) is -4.18. The summed E-state index contributed by atoms with van der Waals surface area (Å²) in [4.78, 5) is 28.4. The Hall–Kier alpha value is -3.07. The summed E-state index contributed by atoms with van der Waals surface area (Å²) in [6.07, 6.45) is 0. The molecule has 1 atom stereocenters. The Bertz CT molecular complexity index is 1460. The van der Waals surface area contributed by atoms with E-state index in [1.54, 1.807) is 62.4 Å². The zero-order chi connectivity index (χ0) is 29.6. The van der Waals surface area contributed by atoms with E-state index in [4.69, 9.17) is 23.2 Å². The minimum atomic E-state index is -4.18. The molecule has 40 heavy (non-hydrogen) atoms. The summed E-state index contributed by atoms with van der Waals surface area (Å²) in [6.45, 7) is 9.12. The Balaban J connectivity index is 2.05. The van der Waals surface area contributed by atoms with Gasteiger partial charge in [-0.3, -0.25) is 13.9 Å². The molecule has 0 aliphatic rings. The van der Waals surface area contributed by atoms with E-state index in [0.29, 0.717) is 22.2 Å². The van der Waals surface area contributed by atoms with Gasteiger partial charge in [0.25, 0.3) is 10.0 Å². The van der Waals surface area contributed by atoms with Crippen molar-refractivity contribution >= 4 is 50.7 Å². The molecular formula is C30H35Cl2N3O4S. The molecule has 0 saturated heterocycles. The fraction of sp³-hybridized carbons (Fsp3) is 0.333. The van der Waals surface area contributed by atoms with Crippen molar-refractivity contribution in [3.8, 4) is 0 Å². The van der Waals surface area contributed by atoms with Crippen LogP contribution in [-0.2, 0) is 26.2 Å². The summed E-state index contributed by atoms with van der Waals surface area (Å²) in [5, 5.41) is 3.66. The topological polar surface area (TPSA) is 86.8 Å². The summed E-state index contributed by atoms with van der Waals surface area (Å²) >= 11 is 12.8. The number of aryl methyl sites for hydroxylation is 2. The number of benzene rings is 3. The van der Waals surface area contributed by atoms with Crippen molar-refractivity contribution in [3.63, 3.8) is 0 Å². The molecule has 0 spiro atoms. The number of halogens is 2. The SMILES string of the molecule is Cc1ccc(S(=O)(=O)N(CC(=O)N(Cc2ccccc2Cl)[C@@H](C)C(=O)NCC(C)C)c2ccc(C)c(Cl)c2)cc1. The molecule has 0 heterocycles. The highest BCUT2D eigenvalue weighted by molar-refractivity contribution is 7.92. The molecule has 214 valence electrons. The highest BCUT2D eigenvalue weighted by Gasteiger charge is 2.33. The predicted molar refractivity (Wildman–Crippen MR) is 161 cm³/mol. The maximum absolute atomic E-state index is 14.0. The molecule has 0 radical (unpaired) electrons. The summed E-state index contributed by atoms with van der Waals surface area (Å²) < 4.78 is 28.8. The van der Waals surface area contributed by atoms with Gasteiger partial charge in [-0.25, -0.2) is 8.42 Å². The molecular weight excluding hydrogens is 569 g/mol. The lowest BCUT2D eigenvalue weighted by Gasteiger charge is -2.32. The number of nitrogens with zero attached hydrogens (tertiary/aromatic N) is 2. The van der Waals surface area contributed by atoms with E-state index < -0.39 is 28.5 Å². The van der Waals surface area contributed by atoms with Gasteiger partial charge >= 0.3 is 0 Å². The van der Waals surface area contributed by atoms with Crippen LogP contribution < -0.4 is 9.62 Å². The molecule has 0 aliphatic heterocycles. The number of amides is 2. The second-order valence-corrected chi connectivity index (χ2v) is 12.9. The molecule has 0 saturated carbocycles. The fourth-order valence-electron chi connectivity index (χ4n) is 3.95. The predicted octanol–water partition coefficient (Wildman–Crippen LogP) is 6.00. The van der Waals surface area contributed by atoms with Crippen LogP contribution in [0.3, 0.4) is 0 Å². The van der Waals surface area contributed by atoms with Gasteiger partial charge in [0, 0.05) is 23.1 Å². The number of hydrogen-bond donors (Lipinski definition) is 1. The van der Waals surface area contributed by atoms with Gasteiger partial charge in [-0.05, 0) is 68.1 Å². The Morgan fingerprint density at radius 1 is 0.900 bits per heavy atom. The normalized spacial score (nSPS) is 12.2. The quantitative estimate of drug-likeness (QED) is 0.291. The first-order valence-corrected chi connectivity index (χ1v) is 15.2. The molecule has 2 amide bonds. The third kappa shape index (κ3) is 7.77. The zero-order valence-electron chi connectivity index (χ0n) is 23.3. The van der Waals surface area contributed by atoms with Gasteiger partial charge in [0.05, 0.1) is 10.6 Å². The van der Waals surface area contributed by atoms with Gasteiger partial charge < -0.3 is 10.2 Å². The molecule has 0 bridgehead atoms. The molecule has 7 nitrogen and oxygen atoms in total. The van der Waals surface area contributed by atoms with Gasteiger partial charge in [0.2, 0.25) is 11.8 Å². The van der Waals surface area contributed by atoms with Crippen molar-refractivity contribution in [1.29, 1.82) is 0 Å². The first-order valence-electron chi connectivity index (χ1n) is 13.0. The number of nitrogens with one attached hydrogen (secondary N) is 1. The van der Waals surface area contributed by atoms with E-state index in [1.807, 2.05) is 20.8 Å². The lowest BCUT2D eigenvalue weighted by Crippen LogP contribution is -2.51. The first-order chi connectivity index (χ1) is 18.8. The van der Waals surface area contributed by atoms with E-state index in [0.717, 1.165) is 15.4 Å². The molecule has 1 N–H and O–H groups in total. The van der Waals surface area contributed by atoms with Crippen LogP contribution >= 0.6 is 23.2 Å². The van der Waals surface area contributed by atoms with E-state index >= 15 is 0 Å². The molecule has 3 rings (SSSR count). The maximum Gasteiger partial charge on any atom is 0.264 e. The summed E-state index contributed by atoms with van der Waals surface area (Å²) in [5.74, 6) is -0.703. The number of rotatable bonds is 11. The smallest absolute Gasteiger partial charge is 0.264 e. The molecule has 0 aromatic heterocycles. The van der Waals surface area contributed by atoms with E-state index in [1.165, 1.54) is 23.1 Å². The van der Waals surface area contributed by atoms with Gasteiger partial charge in [-0.1, -0.05) is 79.0 Å². The van der Waals surface area contributed by atoms with Gasteiger partial charge in [-0.15, -0.1) is 0 Å². The Morgan fingerprint density at radius 2 is 1.55 bits per heavy atom. The van der Waals surface area contributed by atoms with Crippen molar-refractivity contribution in [2.45, 2.75) is 52.1 Å². The highest BCUT2D eigenvalue weighted by Crippen LogP contribution is 2.29. The molecule has 0 unspecified atom stereocenters.